The van der Waals surface area contributed by atoms with Crippen molar-refractivity contribution in [3.8, 4) is 0 Å². The second-order valence-corrected chi connectivity index (χ2v) is 8.90. The van der Waals surface area contributed by atoms with Gasteiger partial charge in [0.1, 0.15) is 0 Å². The van der Waals surface area contributed by atoms with Gasteiger partial charge in [0, 0.05) is 29.7 Å². The van der Waals surface area contributed by atoms with Crippen LogP contribution in [0.4, 0.5) is 5.69 Å². The van der Waals surface area contributed by atoms with E-state index in [4.69, 9.17) is 0 Å². The number of hydrogen-bond donors (Lipinski definition) is 1. The SMILES string of the molecule is CSc1ccc(S(=O)(=O)N[C@@H](C)c2ccc(N3CCCC3)cc2)cc1. The number of nitrogens with one attached hydrogen (secondary N) is 1. The molecule has 0 saturated carbocycles. The second kappa shape index (κ2) is 7.81. The summed E-state index contributed by atoms with van der Waals surface area (Å²) in [7, 11) is -3.53. The summed E-state index contributed by atoms with van der Waals surface area (Å²) in [5.74, 6) is 0. The molecule has 1 N–H and O–H groups in total. The molecule has 4 nitrogen and oxygen atoms in total. The van der Waals surface area contributed by atoms with Crippen molar-refractivity contribution in [1.29, 1.82) is 0 Å². The van der Waals surface area contributed by atoms with E-state index in [0.29, 0.717) is 4.90 Å². The van der Waals surface area contributed by atoms with Crippen LogP contribution in [0.1, 0.15) is 31.4 Å². The van der Waals surface area contributed by atoms with Gasteiger partial charge in [-0.05, 0) is 68.0 Å². The fraction of sp³-hybridized carbons (Fsp3) is 0.368. The lowest BCUT2D eigenvalue weighted by atomic mass is 10.1. The normalized spacial score (nSPS) is 16.2. The third kappa shape index (κ3) is 4.37. The van der Waals surface area contributed by atoms with Gasteiger partial charge in [-0.25, -0.2) is 13.1 Å². The highest BCUT2D eigenvalue weighted by molar-refractivity contribution is 7.98. The summed E-state index contributed by atoms with van der Waals surface area (Å²) in [4.78, 5) is 3.71. The predicted molar refractivity (Wildman–Crippen MR) is 105 cm³/mol. The molecule has 1 aliphatic heterocycles. The largest absolute Gasteiger partial charge is 0.372 e. The third-order valence-electron chi connectivity index (χ3n) is 4.57. The van der Waals surface area contributed by atoms with Crippen LogP contribution in [0.15, 0.2) is 58.3 Å². The van der Waals surface area contributed by atoms with E-state index in [1.807, 2.05) is 37.4 Å². The van der Waals surface area contributed by atoms with E-state index in [9.17, 15) is 8.42 Å². The first-order valence-corrected chi connectivity index (χ1v) is 11.2. The fourth-order valence-corrected chi connectivity index (χ4v) is 4.71. The molecule has 1 aliphatic rings. The van der Waals surface area contributed by atoms with E-state index in [2.05, 4.69) is 21.8 Å². The van der Waals surface area contributed by atoms with Crippen molar-refractivity contribution in [1.82, 2.24) is 4.72 Å². The van der Waals surface area contributed by atoms with Gasteiger partial charge in [-0.3, -0.25) is 0 Å². The molecule has 2 aromatic carbocycles. The number of hydrogen-bond acceptors (Lipinski definition) is 4. The highest BCUT2D eigenvalue weighted by atomic mass is 32.2. The maximum absolute atomic E-state index is 12.6. The monoisotopic (exact) mass is 376 g/mol. The molecule has 1 fully saturated rings. The van der Waals surface area contributed by atoms with Crippen molar-refractivity contribution in [2.75, 3.05) is 24.2 Å². The van der Waals surface area contributed by atoms with Gasteiger partial charge in [0.2, 0.25) is 10.0 Å². The van der Waals surface area contributed by atoms with Gasteiger partial charge < -0.3 is 4.90 Å². The van der Waals surface area contributed by atoms with Gasteiger partial charge >= 0.3 is 0 Å². The summed E-state index contributed by atoms with van der Waals surface area (Å²) < 4.78 is 27.9. The molecule has 1 saturated heterocycles. The zero-order valence-corrected chi connectivity index (χ0v) is 16.2. The standard InChI is InChI=1S/C19H24N2O2S2/c1-15(16-5-7-17(8-6-16)21-13-3-4-14-21)20-25(22,23)19-11-9-18(24-2)10-12-19/h5-12,15,20H,3-4,13-14H2,1-2H3/t15-/m0/s1. The lowest BCUT2D eigenvalue weighted by molar-refractivity contribution is 0.567. The van der Waals surface area contributed by atoms with E-state index in [-0.39, 0.29) is 6.04 Å². The third-order valence-corrected chi connectivity index (χ3v) is 6.87. The molecular formula is C19H24N2O2S2. The highest BCUT2D eigenvalue weighted by Gasteiger charge is 2.19. The Hall–Kier alpha value is -1.50. The molecule has 0 amide bonds. The van der Waals surface area contributed by atoms with Crippen molar-refractivity contribution >= 4 is 27.5 Å². The number of thioether (sulfide) groups is 1. The van der Waals surface area contributed by atoms with E-state index in [0.717, 1.165) is 23.5 Å². The van der Waals surface area contributed by atoms with Crippen LogP contribution in [-0.2, 0) is 10.0 Å². The number of sulfonamides is 1. The molecule has 1 heterocycles. The summed E-state index contributed by atoms with van der Waals surface area (Å²) in [6.45, 7) is 4.08. The van der Waals surface area contributed by atoms with Crippen molar-refractivity contribution in [2.24, 2.45) is 0 Å². The molecule has 0 unspecified atom stereocenters. The van der Waals surface area contributed by atoms with Crippen LogP contribution < -0.4 is 9.62 Å². The molecule has 0 aliphatic carbocycles. The average molecular weight is 377 g/mol. The topological polar surface area (TPSA) is 49.4 Å². The van der Waals surface area contributed by atoms with Crippen LogP contribution >= 0.6 is 11.8 Å². The van der Waals surface area contributed by atoms with Gasteiger partial charge in [-0.2, -0.15) is 0 Å². The van der Waals surface area contributed by atoms with Gasteiger partial charge in [0.15, 0.2) is 0 Å². The Morgan fingerprint density at radius 2 is 1.60 bits per heavy atom. The molecule has 0 bridgehead atoms. The van der Waals surface area contributed by atoms with Gasteiger partial charge in [0.05, 0.1) is 4.90 Å². The van der Waals surface area contributed by atoms with Crippen LogP contribution in [0.3, 0.4) is 0 Å². The van der Waals surface area contributed by atoms with Crippen LogP contribution in [0, 0.1) is 0 Å². The molecule has 6 heteroatoms. The first-order valence-electron chi connectivity index (χ1n) is 8.51. The molecule has 0 spiro atoms. The molecular weight excluding hydrogens is 352 g/mol. The molecule has 134 valence electrons. The Bertz CT molecular complexity index is 796. The first-order chi connectivity index (χ1) is 12.0. The van der Waals surface area contributed by atoms with E-state index in [1.165, 1.54) is 18.5 Å². The number of nitrogens with zero attached hydrogens (tertiary/aromatic N) is 1. The Kier molecular flexibility index (Phi) is 5.71. The van der Waals surface area contributed by atoms with Crippen LogP contribution in [0.25, 0.3) is 0 Å². The Labute approximate surface area is 154 Å². The molecule has 2 aromatic rings. The molecule has 25 heavy (non-hydrogen) atoms. The minimum atomic E-state index is -3.53. The summed E-state index contributed by atoms with van der Waals surface area (Å²) in [6, 6.07) is 14.9. The average Bonchev–Trinajstić information content (AvgIpc) is 3.16. The van der Waals surface area contributed by atoms with Crippen molar-refractivity contribution < 1.29 is 8.42 Å². The van der Waals surface area contributed by atoms with E-state index < -0.39 is 10.0 Å². The van der Waals surface area contributed by atoms with Crippen LogP contribution in [0.5, 0.6) is 0 Å². The van der Waals surface area contributed by atoms with Gasteiger partial charge in [-0.1, -0.05) is 12.1 Å². The van der Waals surface area contributed by atoms with Crippen molar-refractivity contribution in [3.05, 3.63) is 54.1 Å². The summed E-state index contributed by atoms with van der Waals surface area (Å²) in [6.07, 6.45) is 4.45. The van der Waals surface area contributed by atoms with E-state index in [1.54, 1.807) is 23.9 Å². The van der Waals surface area contributed by atoms with Crippen LogP contribution in [-0.4, -0.2) is 27.8 Å². The summed E-state index contributed by atoms with van der Waals surface area (Å²) >= 11 is 1.59. The Morgan fingerprint density at radius 1 is 1.00 bits per heavy atom. The number of anilines is 1. The quantitative estimate of drug-likeness (QED) is 0.773. The zero-order valence-electron chi connectivity index (χ0n) is 14.6. The van der Waals surface area contributed by atoms with Gasteiger partial charge in [-0.15, -0.1) is 11.8 Å². The molecule has 3 rings (SSSR count). The Morgan fingerprint density at radius 3 is 2.16 bits per heavy atom. The second-order valence-electron chi connectivity index (χ2n) is 6.30. The molecule has 1 atom stereocenters. The lowest BCUT2D eigenvalue weighted by Gasteiger charge is -2.19. The lowest BCUT2D eigenvalue weighted by Crippen LogP contribution is -2.27. The van der Waals surface area contributed by atoms with Crippen LogP contribution in [0.2, 0.25) is 0 Å². The van der Waals surface area contributed by atoms with Gasteiger partial charge in [0.25, 0.3) is 0 Å². The summed E-state index contributed by atoms with van der Waals surface area (Å²) in [5, 5.41) is 0. The molecule has 0 radical (unpaired) electrons. The summed E-state index contributed by atoms with van der Waals surface area (Å²) in [5.41, 5.74) is 2.18. The first kappa shape index (κ1) is 18.3. The minimum Gasteiger partial charge on any atom is -0.372 e. The number of rotatable bonds is 6. The predicted octanol–water partition coefficient (Wildman–Crippen LogP) is 4.05. The number of benzene rings is 2. The smallest absolute Gasteiger partial charge is 0.241 e. The van der Waals surface area contributed by atoms with E-state index >= 15 is 0 Å². The minimum absolute atomic E-state index is 0.280. The van der Waals surface area contributed by atoms with Crippen molar-refractivity contribution in [2.45, 2.75) is 35.6 Å². The molecule has 0 aromatic heterocycles. The maximum atomic E-state index is 12.6. The highest BCUT2D eigenvalue weighted by Crippen LogP contribution is 2.24. The fourth-order valence-electron chi connectivity index (χ4n) is 3.07. The Balaban J connectivity index is 1.70. The zero-order chi connectivity index (χ0) is 17.9. The van der Waals surface area contributed by atoms with Crippen molar-refractivity contribution in [3.63, 3.8) is 0 Å². The maximum Gasteiger partial charge on any atom is 0.241 e.